The molecule has 0 aliphatic carbocycles. The number of H-pyrrole nitrogens is 1. The van der Waals surface area contributed by atoms with Crippen LogP contribution < -0.4 is 10.9 Å². The van der Waals surface area contributed by atoms with Crippen LogP contribution in [0.15, 0.2) is 46.0 Å². The number of aromatic nitrogens is 1. The molecular formula is C28H37NO6Si2. The Morgan fingerprint density at radius 2 is 1.05 bits per heavy atom. The summed E-state index contributed by atoms with van der Waals surface area (Å²) in [4.78, 5) is 55.6. The zero-order chi connectivity index (χ0) is 27.7. The maximum absolute atomic E-state index is 13.2. The van der Waals surface area contributed by atoms with E-state index in [2.05, 4.69) is 44.3 Å². The second-order valence-corrected chi connectivity index (χ2v) is 20.7. The predicted molar refractivity (Wildman–Crippen MR) is 154 cm³/mol. The van der Waals surface area contributed by atoms with Gasteiger partial charge in [0.2, 0.25) is 10.9 Å². The van der Waals surface area contributed by atoms with Crippen molar-refractivity contribution in [3.05, 3.63) is 68.0 Å². The number of carbonyl (C=O) groups excluding carboxylic acids is 2. The number of Topliss-reactive ketones (excluding diaryl/α,β-unsaturated/α-hetero) is 2. The lowest BCUT2D eigenvalue weighted by Crippen LogP contribution is -2.30. The standard InChI is InChI=1S/C28H37NO6Si2/c1-17(15-34-36(3,4)5)25(30)19-9-11-23-21(13-19)27(32)28(33)22-14-20(10-12-24(22)29-23)26(31)18(2)16-35-37(6,7)8/h9-14,17-18,29H,15-16H2,1-8H3. The van der Waals surface area contributed by atoms with Crippen LogP contribution >= 0.6 is 0 Å². The lowest BCUT2D eigenvalue weighted by molar-refractivity contribution is 0.0878. The van der Waals surface area contributed by atoms with Crippen molar-refractivity contribution in [2.45, 2.75) is 53.1 Å². The van der Waals surface area contributed by atoms with Gasteiger partial charge >= 0.3 is 0 Å². The Morgan fingerprint density at radius 1 is 0.703 bits per heavy atom. The van der Waals surface area contributed by atoms with E-state index in [0.29, 0.717) is 35.4 Å². The molecular weight excluding hydrogens is 502 g/mol. The molecule has 0 bridgehead atoms. The fourth-order valence-electron chi connectivity index (χ4n) is 3.85. The van der Waals surface area contributed by atoms with Gasteiger partial charge in [-0.1, -0.05) is 13.8 Å². The quantitative estimate of drug-likeness (QED) is 0.211. The van der Waals surface area contributed by atoms with Crippen molar-refractivity contribution in [2.75, 3.05) is 13.2 Å². The molecule has 3 aromatic rings. The molecule has 1 heterocycles. The third-order valence-electron chi connectivity index (χ3n) is 6.00. The minimum atomic E-state index is -1.78. The Kier molecular flexibility index (Phi) is 8.53. The summed E-state index contributed by atoms with van der Waals surface area (Å²) >= 11 is 0. The third kappa shape index (κ3) is 7.19. The SMILES string of the molecule is CC(CO[Si](C)(C)C)C(=O)c1ccc2[nH]c3ccc(C(=O)C(C)CO[Si](C)(C)C)cc3c(=O)c(=O)c2c1. The Hall–Kier alpha value is -2.73. The number of hydrogen-bond acceptors (Lipinski definition) is 6. The number of ketones is 2. The van der Waals surface area contributed by atoms with Crippen LogP contribution in [0.25, 0.3) is 21.8 Å². The molecule has 2 aromatic carbocycles. The molecule has 9 heteroatoms. The normalized spacial score (nSPS) is 14.1. The molecule has 0 fully saturated rings. The molecule has 3 rings (SSSR count). The molecule has 0 radical (unpaired) electrons. The molecule has 0 aliphatic heterocycles. The number of nitrogens with one attached hydrogen (secondary N) is 1. The molecule has 0 saturated carbocycles. The molecule has 37 heavy (non-hydrogen) atoms. The number of aromatic amines is 1. The Bertz CT molecular complexity index is 1360. The van der Waals surface area contributed by atoms with Crippen molar-refractivity contribution < 1.29 is 18.4 Å². The minimum absolute atomic E-state index is 0.134. The first-order valence-electron chi connectivity index (χ1n) is 12.6. The van der Waals surface area contributed by atoms with Gasteiger partial charge in [0, 0.05) is 47.2 Å². The zero-order valence-electron chi connectivity index (χ0n) is 23.0. The van der Waals surface area contributed by atoms with Gasteiger partial charge in [-0.2, -0.15) is 0 Å². The third-order valence-corrected chi connectivity index (χ3v) is 8.07. The van der Waals surface area contributed by atoms with E-state index < -0.39 is 27.5 Å². The first-order chi connectivity index (χ1) is 17.1. The maximum atomic E-state index is 13.2. The Morgan fingerprint density at radius 3 is 1.38 bits per heavy atom. The van der Waals surface area contributed by atoms with Crippen molar-refractivity contribution in [1.82, 2.24) is 4.98 Å². The highest BCUT2D eigenvalue weighted by Crippen LogP contribution is 2.19. The van der Waals surface area contributed by atoms with E-state index in [1.807, 2.05) is 0 Å². The molecule has 0 spiro atoms. The summed E-state index contributed by atoms with van der Waals surface area (Å²) in [5, 5.41) is 0.269. The van der Waals surface area contributed by atoms with E-state index >= 15 is 0 Å². The molecule has 2 unspecified atom stereocenters. The lowest BCUT2D eigenvalue weighted by atomic mass is 9.98. The van der Waals surface area contributed by atoms with Gasteiger partial charge in [-0.25, -0.2) is 0 Å². The number of benzene rings is 2. The van der Waals surface area contributed by atoms with Gasteiger partial charge in [0.15, 0.2) is 28.2 Å². The molecule has 0 saturated heterocycles. The van der Waals surface area contributed by atoms with Crippen molar-refractivity contribution in [3.63, 3.8) is 0 Å². The topological polar surface area (TPSA) is 103 Å². The molecule has 198 valence electrons. The summed E-state index contributed by atoms with van der Waals surface area (Å²) in [6, 6.07) is 9.54. The highest BCUT2D eigenvalue weighted by Gasteiger charge is 2.23. The molecule has 0 amide bonds. The van der Waals surface area contributed by atoms with Gasteiger partial charge < -0.3 is 13.8 Å². The van der Waals surface area contributed by atoms with E-state index in [-0.39, 0.29) is 34.2 Å². The van der Waals surface area contributed by atoms with Gasteiger partial charge in [0.25, 0.3) is 0 Å². The smallest absolute Gasteiger partial charge is 0.235 e. The number of carbonyl (C=O) groups is 2. The van der Waals surface area contributed by atoms with Gasteiger partial charge in [-0.15, -0.1) is 0 Å². The summed E-state index contributed by atoms with van der Waals surface area (Å²) in [5.41, 5.74) is 0.146. The molecule has 1 aromatic heterocycles. The van der Waals surface area contributed by atoms with Crippen LogP contribution in [0.3, 0.4) is 0 Å². The van der Waals surface area contributed by atoms with Crippen molar-refractivity contribution >= 4 is 50.0 Å². The van der Waals surface area contributed by atoms with Crippen LogP contribution in [0.1, 0.15) is 34.6 Å². The monoisotopic (exact) mass is 539 g/mol. The van der Waals surface area contributed by atoms with E-state index in [4.69, 9.17) is 8.85 Å². The summed E-state index contributed by atoms with van der Waals surface area (Å²) in [7, 11) is -3.55. The molecule has 2 atom stereocenters. The number of hydrogen-bond donors (Lipinski definition) is 1. The van der Waals surface area contributed by atoms with Crippen LogP contribution in [0.2, 0.25) is 39.3 Å². The zero-order valence-corrected chi connectivity index (χ0v) is 25.0. The van der Waals surface area contributed by atoms with E-state index in [1.54, 1.807) is 38.1 Å². The maximum Gasteiger partial charge on any atom is 0.235 e. The number of rotatable bonds is 10. The van der Waals surface area contributed by atoms with E-state index in [0.717, 1.165) is 0 Å². The average molecular weight is 540 g/mol. The predicted octanol–water partition coefficient (Wildman–Crippen LogP) is 5.38. The first kappa shape index (κ1) is 28.8. The van der Waals surface area contributed by atoms with E-state index in [9.17, 15) is 19.2 Å². The second kappa shape index (κ2) is 10.9. The molecule has 1 N–H and O–H groups in total. The molecule has 0 aliphatic rings. The van der Waals surface area contributed by atoms with Gasteiger partial charge in [-0.3, -0.25) is 19.2 Å². The van der Waals surface area contributed by atoms with Crippen molar-refractivity contribution in [3.8, 4) is 0 Å². The van der Waals surface area contributed by atoms with Gasteiger partial charge in [-0.05, 0) is 75.7 Å². The van der Waals surface area contributed by atoms with Crippen LogP contribution in [0.5, 0.6) is 0 Å². The van der Waals surface area contributed by atoms with Crippen LogP contribution in [-0.4, -0.2) is 46.4 Å². The van der Waals surface area contributed by atoms with Gasteiger partial charge in [0.1, 0.15) is 0 Å². The first-order valence-corrected chi connectivity index (χ1v) is 19.4. The highest BCUT2D eigenvalue weighted by atomic mass is 28.4. The fraction of sp³-hybridized carbons (Fsp3) is 0.429. The largest absolute Gasteiger partial charge is 0.417 e. The van der Waals surface area contributed by atoms with Crippen molar-refractivity contribution in [2.24, 2.45) is 11.8 Å². The summed E-state index contributed by atoms with van der Waals surface area (Å²) in [6.45, 7) is 16.5. The summed E-state index contributed by atoms with van der Waals surface area (Å²) in [6.07, 6.45) is 0. The lowest BCUT2D eigenvalue weighted by Gasteiger charge is -2.20. The van der Waals surface area contributed by atoms with Gasteiger partial charge in [0.05, 0.1) is 10.8 Å². The van der Waals surface area contributed by atoms with Crippen LogP contribution in [0, 0.1) is 11.8 Å². The van der Waals surface area contributed by atoms with Crippen LogP contribution in [0.4, 0.5) is 0 Å². The fourth-order valence-corrected chi connectivity index (χ4v) is 5.35. The highest BCUT2D eigenvalue weighted by molar-refractivity contribution is 6.70. The summed E-state index contributed by atoms with van der Waals surface area (Å²) < 4.78 is 11.8. The minimum Gasteiger partial charge on any atom is -0.417 e. The Labute approximate surface area is 219 Å². The van der Waals surface area contributed by atoms with Crippen molar-refractivity contribution in [1.29, 1.82) is 0 Å². The second-order valence-electron chi connectivity index (χ2n) is 11.7. The average Bonchev–Trinajstić information content (AvgIpc) is 2.93. The number of fused-ring (bicyclic) bond motifs is 2. The Balaban J connectivity index is 2.02. The van der Waals surface area contributed by atoms with Crippen LogP contribution in [-0.2, 0) is 8.85 Å². The summed E-state index contributed by atoms with van der Waals surface area (Å²) in [5.74, 6) is -1.06. The molecule has 7 nitrogen and oxygen atoms in total. The van der Waals surface area contributed by atoms with E-state index in [1.165, 1.54) is 12.1 Å².